The predicted octanol–water partition coefficient (Wildman–Crippen LogP) is 3.52. The summed E-state index contributed by atoms with van der Waals surface area (Å²) in [5.41, 5.74) is 8.02. The van der Waals surface area contributed by atoms with Crippen LogP contribution in [0.3, 0.4) is 0 Å². The van der Waals surface area contributed by atoms with Crippen molar-refractivity contribution in [2.45, 2.75) is 33.2 Å². The Balaban J connectivity index is 0.00000220. The van der Waals surface area contributed by atoms with Gasteiger partial charge in [-0.2, -0.15) is 0 Å². The average Bonchev–Trinajstić information content (AvgIpc) is 2.70. The molecule has 0 aliphatic heterocycles. The van der Waals surface area contributed by atoms with Gasteiger partial charge in [0.2, 0.25) is 5.91 Å². The standard InChI is InChI=1S/C15H19N3OS.ClH/c1-9-5-7-11(8-6-9)12-10(2)20-14(17-12)18-13(19)15(3,4)16;/h5-8H,16H2,1-4H3,(H,17,18,19);1H. The van der Waals surface area contributed by atoms with Gasteiger partial charge in [-0.1, -0.05) is 29.8 Å². The van der Waals surface area contributed by atoms with E-state index in [1.54, 1.807) is 13.8 Å². The molecule has 0 atom stereocenters. The third kappa shape index (κ3) is 4.27. The molecule has 0 saturated heterocycles. The van der Waals surface area contributed by atoms with Crippen molar-refractivity contribution in [1.29, 1.82) is 0 Å². The molecule has 0 fully saturated rings. The van der Waals surface area contributed by atoms with Crippen LogP contribution in [-0.2, 0) is 4.79 Å². The first-order valence-electron chi connectivity index (χ1n) is 6.42. The molecule has 0 saturated carbocycles. The van der Waals surface area contributed by atoms with E-state index in [4.69, 9.17) is 5.73 Å². The molecule has 0 aliphatic rings. The Kier molecular flexibility index (Phi) is 5.50. The molecule has 1 amide bonds. The quantitative estimate of drug-likeness (QED) is 0.907. The maximum absolute atomic E-state index is 11.9. The van der Waals surface area contributed by atoms with Crippen LogP contribution in [0.1, 0.15) is 24.3 Å². The molecular formula is C15H20ClN3OS. The Hall–Kier alpha value is -1.43. The minimum absolute atomic E-state index is 0. The van der Waals surface area contributed by atoms with Gasteiger partial charge in [0.05, 0.1) is 11.2 Å². The Morgan fingerprint density at radius 2 is 1.81 bits per heavy atom. The lowest BCUT2D eigenvalue weighted by Crippen LogP contribution is -2.45. The Bertz CT molecular complexity index is 629. The Morgan fingerprint density at radius 1 is 1.24 bits per heavy atom. The lowest BCUT2D eigenvalue weighted by atomic mass is 10.1. The first-order chi connectivity index (χ1) is 9.27. The number of nitrogens with zero attached hydrogens (tertiary/aromatic N) is 1. The van der Waals surface area contributed by atoms with Crippen molar-refractivity contribution >= 4 is 34.8 Å². The van der Waals surface area contributed by atoms with Gasteiger partial charge < -0.3 is 11.1 Å². The van der Waals surface area contributed by atoms with Crippen molar-refractivity contribution in [2.24, 2.45) is 5.73 Å². The van der Waals surface area contributed by atoms with Gasteiger partial charge in [-0.05, 0) is 27.7 Å². The highest BCUT2D eigenvalue weighted by Gasteiger charge is 2.23. The summed E-state index contributed by atoms with van der Waals surface area (Å²) < 4.78 is 0. The molecule has 1 aromatic heterocycles. The zero-order chi connectivity index (χ0) is 14.9. The summed E-state index contributed by atoms with van der Waals surface area (Å²) in [5.74, 6) is -0.235. The fourth-order valence-electron chi connectivity index (χ4n) is 1.69. The van der Waals surface area contributed by atoms with Crippen LogP contribution in [0.5, 0.6) is 0 Å². The number of carbonyl (C=O) groups is 1. The van der Waals surface area contributed by atoms with Gasteiger partial charge in [0.15, 0.2) is 5.13 Å². The zero-order valence-corrected chi connectivity index (χ0v) is 14.2. The number of halogens is 1. The monoisotopic (exact) mass is 325 g/mol. The molecular weight excluding hydrogens is 306 g/mol. The smallest absolute Gasteiger partial charge is 0.245 e. The highest BCUT2D eigenvalue weighted by molar-refractivity contribution is 7.16. The fraction of sp³-hybridized carbons (Fsp3) is 0.333. The number of benzene rings is 1. The van der Waals surface area contributed by atoms with E-state index >= 15 is 0 Å². The second-order valence-electron chi connectivity index (χ2n) is 5.47. The molecule has 2 aromatic rings. The summed E-state index contributed by atoms with van der Waals surface area (Å²) in [7, 11) is 0. The SMILES string of the molecule is Cc1ccc(-c2nc(NC(=O)C(C)(C)N)sc2C)cc1.Cl. The summed E-state index contributed by atoms with van der Waals surface area (Å²) in [5, 5.41) is 3.35. The minimum atomic E-state index is -0.913. The van der Waals surface area contributed by atoms with Crippen molar-refractivity contribution in [3.8, 4) is 11.3 Å². The van der Waals surface area contributed by atoms with Crippen molar-refractivity contribution in [1.82, 2.24) is 4.98 Å². The molecule has 0 spiro atoms. The summed E-state index contributed by atoms with van der Waals surface area (Å²) in [4.78, 5) is 17.4. The van der Waals surface area contributed by atoms with Crippen molar-refractivity contribution < 1.29 is 4.79 Å². The van der Waals surface area contributed by atoms with Crippen molar-refractivity contribution in [3.05, 3.63) is 34.7 Å². The van der Waals surface area contributed by atoms with Gasteiger partial charge in [0.25, 0.3) is 0 Å². The van der Waals surface area contributed by atoms with Gasteiger partial charge in [-0.25, -0.2) is 4.98 Å². The average molecular weight is 326 g/mol. The molecule has 1 aromatic carbocycles. The molecule has 0 unspecified atom stereocenters. The number of nitrogens with two attached hydrogens (primary N) is 1. The van der Waals surface area contributed by atoms with E-state index in [0.717, 1.165) is 16.1 Å². The summed E-state index contributed by atoms with van der Waals surface area (Å²) >= 11 is 1.46. The van der Waals surface area contributed by atoms with Crippen LogP contribution in [0.4, 0.5) is 5.13 Å². The van der Waals surface area contributed by atoms with E-state index in [2.05, 4.69) is 22.4 Å². The number of hydrogen-bond acceptors (Lipinski definition) is 4. The van der Waals surface area contributed by atoms with Crippen LogP contribution in [0, 0.1) is 13.8 Å². The predicted molar refractivity (Wildman–Crippen MR) is 91.2 cm³/mol. The van der Waals surface area contributed by atoms with Gasteiger partial charge >= 0.3 is 0 Å². The molecule has 0 aliphatic carbocycles. The maximum Gasteiger partial charge on any atom is 0.245 e. The topological polar surface area (TPSA) is 68.0 Å². The lowest BCUT2D eigenvalue weighted by Gasteiger charge is -2.16. The van der Waals surface area contributed by atoms with E-state index in [1.165, 1.54) is 16.9 Å². The van der Waals surface area contributed by atoms with E-state index in [-0.39, 0.29) is 18.3 Å². The van der Waals surface area contributed by atoms with Crippen molar-refractivity contribution in [3.63, 3.8) is 0 Å². The molecule has 21 heavy (non-hydrogen) atoms. The lowest BCUT2D eigenvalue weighted by molar-refractivity contribution is -0.120. The third-order valence-corrected chi connectivity index (χ3v) is 3.81. The summed E-state index contributed by atoms with van der Waals surface area (Å²) in [6.45, 7) is 7.39. The Labute approximate surface area is 135 Å². The van der Waals surface area contributed by atoms with Crippen LogP contribution < -0.4 is 11.1 Å². The van der Waals surface area contributed by atoms with E-state index in [0.29, 0.717) is 5.13 Å². The van der Waals surface area contributed by atoms with Crippen LogP contribution in [0.2, 0.25) is 0 Å². The molecule has 4 nitrogen and oxygen atoms in total. The Morgan fingerprint density at radius 3 is 2.33 bits per heavy atom. The third-order valence-electron chi connectivity index (χ3n) is 2.93. The summed E-state index contributed by atoms with van der Waals surface area (Å²) in [6.07, 6.45) is 0. The van der Waals surface area contributed by atoms with Crippen LogP contribution in [0.25, 0.3) is 11.3 Å². The number of carbonyl (C=O) groups excluding carboxylic acids is 1. The molecule has 114 valence electrons. The first kappa shape index (κ1) is 17.6. The molecule has 0 bridgehead atoms. The zero-order valence-electron chi connectivity index (χ0n) is 12.6. The molecule has 1 heterocycles. The molecule has 6 heteroatoms. The summed E-state index contributed by atoms with van der Waals surface area (Å²) in [6, 6.07) is 8.18. The number of rotatable bonds is 3. The van der Waals surface area contributed by atoms with Gasteiger partial charge in [0, 0.05) is 10.4 Å². The normalized spacial score (nSPS) is 10.9. The van der Waals surface area contributed by atoms with Gasteiger partial charge in [-0.3, -0.25) is 4.79 Å². The highest BCUT2D eigenvalue weighted by atomic mass is 35.5. The number of anilines is 1. The van der Waals surface area contributed by atoms with Crippen LogP contribution in [0.15, 0.2) is 24.3 Å². The first-order valence-corrected chi connectivity index (χ1v) is 7.24. The van der Waals surface area contributed by atoms with Gasteiger partial charge in [0.1, 0.15) is 0 Å². The van der Waals surface area contributed by atoms with Crippen LogP contribution >= 0.6 is 23.7 Å². The van der Waals surface area contributed by atoms with E-state index in [1.807, 2.05) is 26.0 Å². The number of aryl methyl sites for hydroxylation is 2. The number of amides is 1. The number of nitrogens with one attached hydrogen (secondary N) is 1. The van der Waals surface area contributed by atoms with Gasteiger partial charge in [-0.15, -0.1) is 23.7 Å². The largest absolute Gasteiger partial charge is 0.318 e. The molecule has 3 N–H and O–H groups in total. The van der Waals surface area contributed by atoms with E-state index in [9.17, 15) is 4.79 Å². The maximum atomic E-state index is 11.9. The number of hydrogen-bond donors (Lipinski definition) is 2. The fourth-order valence-corrected chi connectivity index (χ4v) is 2.52. The number of aromatic nitrogens is 1. The second-order valence-corrected chi connectivity index (χ2v) is 6.67. The van der Waals surface area contributed by atoms with Crippen molar-refractivity contribution in [2.75, 3.05) is 5.32 Å². The number of thiazole rings is 1. The molecule has 2 rings (SSSR count). The molecule has 0 radical (unpaired) electrons. The highest BCUT2D eigenvalue weighted by Crippen LogP contribution is 2.30. The second kappa shape index (κ2) is 6.56. The van der Waals surface area contributed by atoms with Crippen LogP contribution in [-0.4, -0.2) is 16.4 Å². The van der Waals surface area contributed by atoms with E-state index < -0.39 is 5.54 Å². The minimum Gasteiger partial charge on any atom is -0.318 e.